The van der Waals surface area contributed by atoms with Gasteiger partial charge in [0.15, 0.2) is 3.95 Å². The van der Waals surface area contributed by atoms with Gasteiger partial charge in [-0.05, 0) is 30.0 Å². The summed E-state index contributed by atoms with van der Waals surface area (Å²) in [5.74, 6) is 2.04. The first kappa shape index (κ1) is 12.6. The van der Waals surface area contributed by atoms with Crippen molar-refractivity contribution in [3.63, 3.8) is 0 Å². The summed E-state index contributed by atoms with van der Waals surface area (Å²) < 4.78 is 0.725. The van der Waals surface area contributed by atoms with Gasteiger partial charge in [0, 0.05) is 6.54 Å². The van der Waals surface area contributed by atoms with Gasteiger partial charge in [-0.25, -0.2) is 0 Å². The van der Waals surface area contributed by atoms with Crippen LogP contribution in [0.1, 0.15) is 27.7 Å². The van der Waals surface area contributed by atoms with Crippen molar-refractivity contribution in [2.24, 2.45) is 17.8 Å². The van der Waals surface area contributed by atoms with E-state index >= 15 is 0 Å². The Balaban J connectivity index is 2.50. The third-order valence-corrected chi connectivity index (χ3v) is 3.69. The molecule has 0 atom stereocenters. The molecule has 1 aromatic heterocycles. The third kappa shape index (κ3) is 3.91. The van der Waals surface area contributed by atoms with Crippen molar-refractivity contribution in [3.05, 3.63) is 3.95 Å². The van der Waals surface area contributed by atoms with E-state index in [1.54, 1.807) is 0 Å². The van der Waals surface area contributed by atoms with Crippen LogP contribution in [0.2, 0.25) is 0 Å². The van der Waals surface area contributed by atoms with E-state index in [2.05, 4.69) is 43.2 Å². The van der Waals surface area contributed by atoms with E-state index in [0.29, 0.717) is 17.8 Å². The molecule has 0 fully saturated rings. The van der Waals surface area contributed by atoms with E-state index in [1.807, 2.05) is 0 Å². The Morgan fingerprint density at radius 3 is 2.33 bits per heavy atom. The van der Waals surface area contributed by atoms with E-state index in [0.717, 1.165) is 15.6 Å². The summed E-state index contributed by atoms with van der Waals surface area (Å²) in [6.07, 6.45) is 0. The van der Waals surface area contributed by atoms with Crippen LogP contribution < -0.4 is 5.32 Å². The molecule has 0 amide bonds. The number of H-pyrrole nitrogens is 1. The van der Waals surface area contributed by atoms with Gasteiger partial charge in [0.05, 0.1) is 0 Å². The highest BCUT2D eigenvalue weighted by Crippen LogP contribution is 2.21. The molecule has 0 saturated heterocycles. The molecule has 0 spiro atoms. The molecular weight excluding hydrogens is 226 g/mol. The van der Waals surface area contributed by atoms with E-state index in [9.17, 15) is 0 Å². The Morgan fingerprint density at radius 1 is 1.33 bits per heavy atom. The largest absolute Gasteiger partial charge is 0.360 e. The van der Waals surface area contributed by atoms with Crippen LogP contribution in [-0.4, -0.2) is 16.7 Å². The molecule has 0 unspecified atom stereocenters. The molecule has 0 aliphatic heterocycles. The molecule has 0 bridgehead atoms. The molecule has 0 radical (unpaired) electrons. The first-order valence-electron chi connectivity index (χ1n) is 5.30. The van der Waals surface area contributed by atoms with Gasteiger partial charge in [0.1, 0.15) is 0 Å². The highest BCUT2D eigenvalue weighted by Gasteiger charge is 2.17. The zero-order chi connectivity index (χ0) is 11.4. The second-order valence-corrected chi connectivity index (χ2v) is 6.12. The van der Waals surface area contributed by atoms with Crippen LogP contribution in [0.4, 0.5) is 5.13 Å². The standard InChI is InChI=1S/C10H19N3S2/c1-6(2)8(7(3)4)5-11-9-12-13-10(14)15-9/h6-8H,5H2,1-4H3,(H,11,12)(H,13,14). The van der Waals surface area contributed by atoms with Gasteiger partial charge in [-0.2, -0.15) is 0 Å². The third-order valence-electron chi connectivity index (χ3n) is 2.64. The SMILES string of the molecule is CC(C)C(CNc1n[nH]c(=S)s1)C(C)C. The van der Waals surface area contributed by atoms with Crippen molar-refractivity contribution in [1.82, 2.24) is 10.2 Å². The minimum Gasteiger partial charge on any atom is -0.360 e. The lowest BCUT2D eigenvalue weighted by molar-refractivity contribution is 0.304. The van der Waals surface area contributed by atoms with Crippen LogP contribution in [0, 0.1) is 21.7 Å². The number of anilines is 1. The van der Waals surface area contributed by atoms with Crippen molar-refractivity contribution >= 4 is 28.7 Å². The first-order chi connectivity index (χ1) is 7.00. The van der Waals surface area contributed by atoms with E-state index < -0.39 is 0 Å². The number of nitrogens with zero attached hydrogens (tertiary/aromatic N) is 1. The first-order valence-corrected chi connectivity index (χ1v) is 6.52. The molecule has 15 heavy (non-hydrogen) atoms. The lowest BCUT2D eigenvalue weighted by Crippen LogP contribution is -2.24. The summed E-state index contributed by atoms with van der Waals surface area (Å²) in [5, 5.41) is 11.1. The van der Waals surface area contributed by atoms with Crippen molar-refractivity contribution in [2.75, 3.05) is 11.9 Å². The maximum Gasteiger partial charge on any atom is 0.204 e. The quantitative estimate of drug-likeness (QED) is 0.780. The molecule has 2 N–H and O–H groups in total. The monoisotopic (exact) mass is 245 g/mol. The minimum atomic E-state index is 0.669. The predicted molar refractivity (Wildman–Crippen MR) is 69.0 cm³/mol. The van der Waals surface area contributed by atoms with Gasteiger partial charge in [-0.15, -0.1) is 5.10 Å². The topological polar surface area (TPSA) is 40.7 Å². The molecule has 1 aromatic rings. The molecule has 1 rings (SSSR count). The van der Waals surface area contributed by atoms with Crippen LogP contribution in [-0.2, 0) is 0 Å². The highest BCUT2D eigenvalue weighted by atomic mass is 32.1. The molecule has 1 heterocycles. The van der Waals surface area contributed by atoms with Gasteiger partial charge >= 0.3 is 0 Å². The minimum absolute atomic E-state index is 0.669. The molecule has 0 aliphatic carbocycles. The Labute approximate surface area is 100 Å². The number of hydrogen-bond donors (Lipinski definition) is 2. The fourth-order valence-electron chi connectivity index (χ4n) is 1.75. The van der Waals surface area contributed by atoms with Crippen molar-refractivity contribution in [1.29, 1.82) is 0 Å². The van der Waals surface area contributed by atoms with Gasteiger partial charge in [0.25, 0.3) is 0 Å². The van der Waals surface area contributed by atoms with Crippen LogP contribution in [0.3, 0.4) is 0 Å². The molecule has 0 aromatic carbocycles. The van der Waals surface area contributed by atoms with Crippen molar-refractivity contribution in [2.45, 2.75) is 27.7 Å². The van der Waals surface area contributed by atoms with Crippen LogP contribution in [0.25, 0.3) is 0 Å². The van der Waals surface area contributed by atoms with Crippen LogP contribution in [0.15, 0.2) is 0 Å². The summed E-state index contributed by atoms with van der Waals surface area (Å²) >= 11 is 6.47. The van der Waals surface area contributed by atoms with Gasteiger partial charge in [-0.1, -0.05) is 39.0 Å². The van der Waals surface area contributed by atoms with Crippen LogP contribution >= 0.6 is 23.6 Å². The maximum atomic E-state index is 4.98. The normalized spacial score (nSPS) is 11.7. The van der Waals surface area contributed by atoms with E-state index in [1.165, 1.54) is 11.3 Å². The van der Waals surface area contributed by atoms with Crippen LogP contribution in [0.5, 0.6) is 0 Å². The average molecular weight is 245 g/mol. The summed E-state index contributed by atoms with van der Waals surface area (Å²) in [7, 11) is 0. The summed E-state index contributed by atoms with van der Waals surface area (Å²) in [4.78, 5) is 0. The lowest BCUT2D eigenvalue weighted by Gasteiger charge is -2.24. The molecule has 5 heteroatoms. The number of aromatic amines is 1. The van der Waals surface area contributed by atoms with Gasteiger partial charge < -0.3 is 5.32 Å². The Bertz CT molecular complexity index is 332. The van der Waals surface area contributed by atoms with Gasteiger partial charge in [-0.3, -0.25) is 5.10 Å². The Kier molecular flexibility index (Phi) is 4.73. The maximum absolute atomic E-state index is 4.98. The van der Waals surface area contributed by atoms with E-state index in [4.69, 9.17) is 12.2 Å². The second kappa shape index (κ2) is 5.61. The van der Waals surface area contributed by atoms with Gasteiger partial charge in [0.2, 0.25) is 5.13 Å². The zero-order valence-electron chi connectivity index (χ0n) is 9.70. The Hall–Kier alpha value is -0.420. The van der Waals surface area contributed by atoms with E-state index in [-0.39, 0.29) is 0 Å². The number of nitrogens with one attached hydrogen (secondary N) is 2. The number of aromatic nitrogens is 2. The molecule has 0 saturated carbocycles. The fourth-order valence-corrected chi connectivity index (χ4v) is 2.55. The molecule has 86 valence electrons. The highest BCUT2D eigenvalue weighted by molar-refractivity contribution is 7.73. The zero-order valence-corrected chi connectivity index (χ0v) is 11.3. The van der Waals surface area contributed by atoms with Crippen molar-refractivity contribution < 1.29 is 0 Å². The molecule has 0 aliphatic rings. The Morgan fingerprint density at radius 2 is 1.93 bits per heavy atom. The lowest BCUT2D eigenvalue weighted by atomic mass is 9.86. The smallest absolute Gasteiger partial charge is 0.204 e. The second-order valence-electron chi connectivity index (χ2n) is 4.45. The fraction of sp³-hybridized carbons (Fsp3) is 0.800. The number of hydrogen-bond acceptors (Lipinski definition) is 4. The summed E-state index contributed by atoms with van der Waals surface area (Å²) in [6, 6.07) is 0. The summed E-state index contributed by atoms with van der Waals surface area (Å²) in [5.41, 5.74) is 0. The summed E-state index contributed by atoms with van der Waals surface area (Å²) in [6.45, 7) is 10.0. The predicted octanol–water partition coefficient (Wildman–Crippen LogP) is 3.54. The van der Waals surface area contributed by atoms with Crippen molar-refractivity contribution in [3.8, 4) is 0 Å². The average Bonchev–Trinajstić information content (AvgIpc) is 2.50. The molecular formula is C10H19N3S2. The molecule has 3 nitrogen and oxygen atoms in total. The number of rotatable bonds is 5.